The summed E-state index contributed by atoms with van der Waals surface area (Å²) in [6.07, 6.45) is 0. The van der Waals surface area contributed by atoms with Gasteiger partial charge in [0.15, 0.2) is 0 Å². The van der Waals surface area contributed by atoms with E-state index in [1.807, 2.05) is 29.0 Å². The topological polar surface area (TPSA) is 126 Å². The molecule has 0 atom stereocenters. The van der Waals surface area contributed by atoms with E-state index >= 15 is 0 Å². The SMILES string of the molecule is CN(C)CCO.O=C(O)c1cc(=O)[nH]c(=O)[nH]1. The highest BCUT2D eigenvalue weighted by Gasteiger charge is 2.03. The first-order valence-corrected chi connectivity index (χ1v) is 4.69. The maximum absolute atomic E-state index is 10.5. The van der Waals surface area contributed by atoms with Crippen molar-refractivity contribution in [2.75, 3.05) is 27.2 Å². The van der Waals surface area contributed by atoms with Gasteiger partial charge in [-0.2, -0.15) is 0 Å². The van der Waals surface area contributed by atoms with E-state index in [-0.39, 0.29) is 6.61 Å². The maximum Gasteiger partial charge on any atom is 0.352 e. The van der Waals surface area contributed by atoms with Gasteiger partial charge in [0.25, 0.3) is 5.56 Å². The second-order valence-corrected chi connectivity index (χ2v) is 3.33. The summed E-state index contributed by atoms with van der Waals surface area (Å²) >= 11 is 0. The Kier molecular flexibility index (Phi) is 6.53. The van der Waals surface area contributed by atoms with E-state index in [9.17, 15) is 14.4 Å². The summed E-state index contributed by atoms with van der Waals surface area (Å²) < 4.78 is 0. The number of hydrogen-bond acceptors (Lipinski definition) is 5. The number of nitrogens with zero attached hydrogens (tertiary/aromatic N) is 1. The molecule has 0 saturated heterocycles. The molecule has 1 aromatic rings. The van der Waals surface area contributed by atoms with Crippen LogP contribution in [-0.2, 0) is 0 Å². The van der Waals surface area contributed by atoms with Gasteiger partial charge in [0, 0.05) is 12.6 Å². The number of hydrogen-bond donors (Lipinski definition) is 4. The van der Waals surface area contributed by atoms with Crippen molar-refractivity contribution >= 4 is 5.97 Å². The van der Waals surface area contributed by atoms with Gasteiger partial charge in [0.1, 0.15) is 5.69 Å². The number of carbonyl (C=O) groups is 1. The van der Waals surface area contributed by atoms with Crippen LogP contribution in [0.15, 0.2) is 15.7 Å². The first-order chi connectivity index (χ1) is 7.86. The molecule has 4 N–H and O–H groups in total. The second-order valence-electron chi connectivity index (χ2n) is 3.33. The fraction of sp³-hybridized carbons (Fsp3) is 0.444. The van der Waals surface area contributed by atoms with E-state index in [0.717, 1.165) is 12.6 Å². The minimum absolute atomic E-state index is 0.257. The molecule has 8 heteroatoms. The predicted octanol–water partition coefficient (Wildman–Crippen LogP) is -1.70. The molecule has 0 aliphatic heterocycles. The summed E-state index contributed by atoms with van der Waals surface area (Å²) in [6.45, 7) is 1.02. The van der Waals surface area contributed by atoms with E-state index in [1.54, 1.807) is 0 Å². The van der Waals surface area contributed by atoms with E-state index < -0.39 is 22.9 Å². The molecule has 0 aliphatic rings. The largest absolute Gasteiger partial charge is 0.477 e. The number of aromatic amines is 2. The molecule has 0 unspecified atom stereocenters. The van der Waals surface area contributed by atoms with Crippen LogP contribution in [0.1, 0.15) is 10.5 Å². The van der Waals surface area contributed by atoms with Crippen molar-refractivity contribution in [2.24, 2.45) is 0 Å². The van der Waals surface area contributed by atoms with Crippen LogP contribution >= 0.6 is 0 Å². The number of rotatable bonds is 3. The Morgan fingerprint density at radius 1 is 1.35 bits per heavy atom. The molecule has 1 rings (SSSR count). The zero-order valence-electron chi connectivity index (χ0n) is 9.56. The summed E-state index contributed by atoms with van der Waals surface area (Å²) in [4.78, 5) is 36.8. The van der Waals surface area contributed by atoms with E-state index in [1.165, 1.54) is 0 Å². The van der Waals surface area contributed by atoms with Crippen molar-refractivity contribution < 1.29 is 15.0 Å². The van der Waals surface area contributed by atoms with Crippen molar-refractivity contribution in [3.05, 3.63) is 32.6 Å². The molecule has 17 heavy (non-hydrogen) atoms. The summed E-state index contributed by atoms with van der Waals surface area (Å²) in [7, 11) is 3.85. The van der Waals surface area contributed by atoms with Gasteiger partial charge in [-0.15, -0.1) is 0 Å². The molecule has 0 saturated carbocycles. The summed E-state index contributed by atoms with van der Waals surface area (Å²) in [5, 5.41) is 16.5. The Hall–Kier alpha value is -1.93. The van der Waals surface area contributed by atoms with Crippen molar-refractivity contribution in [3.63, 3.8) is 0 Å². The van der Waals surface area contributed by atoms with Crippen molar-refractivity contribution in [2.45, 2.75) is 0 Å². The molecule has 96 valence electrons. The standard InChI is InChI=1S/C5H4N2O4.C4H11NO/c8-3-1-2(4(9)10)6-5(11)7-3;1-5(2)3-4-6/h1H,(H,9,10)(H2,6,7,8,11);6H,3-4H2,1-2H3. The molecule has 1 heterocycles. The molecule has 0 aromatic carbocycles. The number of aromatic nitrogens is 2. The normalized spacial score (nSPS) is 9.65. The lowest BCUT2D eigenvalue weighted by Gasteiger charge is -2.03. The van der Waals surface area contributed by atoms with Gasteiger partial charge in [0.2, 0.25) is 0 Å². The Morgan fingerprint density at radius 3 is 2.24 bits per heavy atom. The third-order valence-electron chi connectivity index (χ3n) is 1.54. The lowest BCUT2D eigenvalue weighted by atomic mass is 10.4. The number of carboxylic acid groups (broad SMARTS) is 1. The van der Waals surface area contributed by atoms with Crippen LogP contribution in [0.25, 0.3) is 0 Å². The number of nitrogens with one attached hydrogen (secondary N) is 2. The van der Waals surface area contributed by atoms with Crippen molar-refractivity contribution in [1.82, 2.24) is 14.9 Å². The van der Waals surface area contributed by atoms with Gasteiger partial charge in [-0.1, -0.05) is 0 Å². The highest BCUT2D eigenvalue weighted by molar-refractivity contribution is 5.84. The Bertz CT molecular complexity index is 434. The number of aromatic carboxylic acids is 1. The molecule has 8 nitrogen and oxygen atoms in total. The van der Waals surface area contributed by atoms with Crippen LogP contribution in [0, 0.1) is 0 Å². The fourth-order valence-corrected chi connectivity index (χ4v) is 0.784. The second kappa shape index (κ2) is 7.36. The average molecular weight is 245 g/mol. The molecular weight excluding hydrogens is 230 g/mol. The van der Waals surface area contributed by atoms with Crippen LogP contribution in [0.4, 0.5) is 0 Å². The summed E-state index contributed by atoms with van der Waals surface area (Å²) in [6, 6.07) is 0.795. The fourth-order valence-electron chi connectivity index (χ4n) is 0.784. The first kappa shape index (κ1) is 15.1. The van der Waals surface area contributed by atoms with Crippen LogP contribution < -0.4 is 11.2 Å². The molecule has 0 radical (unpaired) electrons. The molecule has 0 fully saturated rings. The smallest absolute Gasteiger partial charge is 0.352 e. The number of H-pyrrole nitrogens is 2. The molecule has 0 spiro atoms. The van der Waals surface area contributed by atoms with Gasteiger partial charge in [-0.25, -0.2) is 9.59 Å². The quantitative estimate of drug-likeness (QED) is 0.503. The molecule has 1 aromatic heterocycles. The van der Waals surface area contributed by atoms with Gasteiger partial charge in [-0.05, 0) is 14.1 Å². The first-order valence-electron chi connectivity index (χ1n) is 4.69. The summed E-state index contributed by atoms with van der Waals surface area (Å²) in [5.41, 5.74) is -1.97. The Morgan fingerprint density at radius 2 is 1.94 bits per heavy atom. The zero-order chi connectivity index (χ0) is 13.4. The number of carboxylic acids is 1. The summed E-state index contributed by atoms with van der Waals surface area (Å²) in [5.74, 6) is -1.34. The third-order valence-corrected chi connectivity index (χ3v) is 1.54. The van der Waals surface area contributed by atoms with Gasteiger partial charge in [-0.3, -0.25) is 9.78 Å². The number of aliphatic hydroxyl groups is 1. The predicted molar refractivity (Wildman–Crippen MR) is 60.3 cm³/mol. The average Bonchev–Trinajstić information content (AvgIpc) is 2.16. The monoisotopic (exact) mass is 245 g/mol. The van der Waals surface area contributed by atoms with Gasteiger partial charge in [0.05, 0.1) is 6.61 Å². The number of likely N-dealkylation sites (N-methyl/N-ethyl adjacent to an activating group) is 1. The zero-order valence-corrected chi connectivity index (χ0v) is 9.56. The van der Waals surface area contributed by atoms with Crippen LogP contribution in [-0.4, -0.2) is 58.3 Å². The van der Waals surface area contributed by atoms with Crippen molar-refractivity contribution in [1.29, 1.82) is 0 Å². The molecular formula is C9H15N3O5. The lowest BCUT2D eigenvalue weighted by molar-refractivity contribution is 0.0689. The van der Waals surface area contributed by atoms with Gasteiger partial charge < -0.3 is 20.1 Å². The Balaban J connectivity index is 0.000000366. The van der Waals surface area contributed by atoms with Gasteiger partial charge >= 0.3 is 11.7 Å². The Labute approximate surface area is 96.5 Å². The highest BCUT2D eigenvalue weighted by Crippen LogP contribution is 1.81. The minimum atomic E-state index is -1.34. The minimum Gasteiger partial charge on any atom is -0.477 e. The van der Waals surface area contributed by atoms with E-state index in [0.29, 0.717) is 0 Å². The van der Waals surface area contributed by atoms with E-state index in [2.05, 4.69) is 0 Å². The van der Waals surface area contributed by atoms with Crippen LogP contribution in [0.5, 0.6) is 0 Å². The number of aliphatic hydroxyl groups excluding tert-OH is 1. The molecule has 0 amide bonds. The third kappa shape index (κ3) is 7.03. The lowest BCUT2D eigenvalue weighted by Crippen LogP contribution is -2.24. The molecule has 0 bridgehead atoms. The van der Waals surface area contributed by atoms with Crippen LogP contribution in [0.3, 0.4) is 0 Å². The molecule has 0 aliphatic carbocycles. The van der Waals surface area contributed by atoms with Crippen molar-refractivity contribution in [3.8, 4) is 0 Å². The maximum atomic E-state index is 10.5. The van der Waals surface area contributed by atoms with E-state index in [4.69, 9.17) is 10.2 Å². The highest BCUT2D eigenvalue weighted by atomic mass is 16.4. The van der Waals surface area contributed by atoms with Crippen LogP contribution in [0.2, 0.25) is 0 Å².